The molecule has 35 heavy (non-hydrogen) atoms. The zero-order valence-electron chi connectivity index (χ0n) is 18.3. The summed E-state index contributed by atoms with van der Waals surface area (Å²) in [4.78, 5) is -0.933. The second kappa shape index (κ2) is 9.00. The van der Waals surface area contributed by atoms with Gasteiger partial charge in [0.25, 0.3) is 0 Å². The first-order valence-corrected chi connectivity index (χ1v) is 10.4. The summed E-state index contributed by atoms with van der Waals surface area (Å²) in [7, 11) is 0. The van der Waals surface area contributed by atoms with E-state index in [1.807, 2.05) is 6.07 Å². The maximum atomic E-state index is 14.2. The van der Waals surface area contributed by atoms with E-state index in [1.54, 1.807) is 26.0 Å². The molecule has 0 aromatic heterocycles. The molecule has 0 aliphatic heterocycles. The molecule has 0 unspecified atom stereocenters. The van der Waals surface area contributed by atoms with E-state index in [0.29, 0.717) is 29.8 Å². The largest absolute Gasteiger partial charge is 0.508 e. The fraction of sp³-hybridized carbons (Fsp3) is 0.240. The number of rotatable bonds is 5. The van der Waals surface area contributed by atoms with Crippen molar-refractivity contribution in [2.45, 2.75) is 36.5 Å². The molecular weight excluding hydrogens is 496 g/mol. The number of phenols is 1. The molecule has 10 heteroatoms. The lowest BCUT2D eigenvalue weighted by molar-refractivity contribution is -0.288. The summed E-state index contributed by atoms with van der Waals surface area (Å²) in [5, 5.41) is 18.9. The Morgan fingerprint density at radius 2 is 1.29 bits per heavy atom. The molecule has 0 heterocycles. The number of hydrogen-bond donors (Lipinski definition) is 1. The highest BCUT2D eigenvalue weighted by Crippen LogP contribution is 2.56. The van der Waals surface area contributed by atoms with Gasteiger partial charge in [0.15, 0.2) is 0 Å². The highest BCUT2D eigenvalue weighted by atomic mass is 35.5. The van der Waals surface area contributed by atoms with Gasteiger partial charge in [0.1, 0.15) is 23.3 Å². The highest BCUT2D eigenvalue weighted by molar-refractivity contribution is 6.23. The van der Waals surface area contributed by atoms with Crippen LogP contribution in [0.1, 0.15) is 36.1 Å². The van der Waals surface area contributed by atoms with Crippen molar-refractivity contribution in [2.75, 3.05) is 0 Å². The number of ether oxygens (including phenoxy) is 1. The van der Waals surface area contributed by atoms with Gasteiger partial charge in [-0.1, -0.05) is 36.4 Å². The molecule has 0 radical (unpaired) electrons. The van der Waals surface area contributed by atoms with Crippen LogP contribution >= 0.6 is 11.6 Å². The zero-order valence-corrected chi connectivity index (χ0v) is 19.1. The van der Waals surface area contributed by atoms with E-state index in [1.165, 1.54) is 6.07 Å². The van der Waals surface area contributed by atoms with Gasteiger partial charge >= 0.3 is 12.4 Å². The summed E-state index contributed by atoms with van der Waals surface area (Å²) in [5.41, 5.74) is -6.02. The van der Waals surface area contributed by atoms with Gasteiger partial charge in [0.2, 0.25) is 5.41 Å². The molecule has 0 amide bonds. The molecule has 0 spiro atoms. The third-order valence-electron chi connectivity index (χ3n) is 5.44. The molecule has 0 atom stereocenters. The zero-order chi connectivity index (χ0) is 26.2. The summed E-state index contributed by atoms with van der Waals surface area (Å²) in [6, 6.07) is 12.5. The van der Waals surface area contributed by atoms with Crippen LogP contribution < -0.4 is 4.74 Å². The van der Waals surface area contributed by atoms with Crippen LogP contribution in [0.3, 0.4) is 0 Å². The third-order valence-corrected chi connectivity index (χ3v) is 5.65. The van der Waals surface area contributed by atoms with Crippen molar-refractivity contribution in [1.29, 1.82) is 5.26 Å². The van der Waals surface area contributed by atoms with Crippen molar-refractivity contribution in [2.24, 2.45) is 0 Å². The SMILES string of the molecule is CC(C)(Cl)c1cccc(Oc2ccc(C(c3ccc(O)cc3)(C(F)(F)F)C(F)(F)F)cc2)c1C#N. The quantitative estimate of drug-likeness (QED) is 0.278. The van der Waals surface area contributed by atoms with Gasteiger partial charge in [0.05, 0.1) is 10.4 Å². The van der Waals surface area contributed by atoms with E-state index in [4.69, 9.17) is 16.3 Å². The van der Waals surface area contributed by atoms with Gasteiger partial charge in [0, 0.05) is 0 Å². The average molecular weight is 514 g/mol. The minimum atomic E-state index is -5.77. The van der Waals surface area contributed by atoms with Crippen molar-refractivity contribution >= 4 is 11.6 Å². The van der Waals surface area contributed by atoms with Crippen LogP contribution in [0, 0.1) is 11.3 Å². The Kier molecular flexibility index (Phi) is 6.75. The lowest BCUT2D eigenvalue weighted by atomic mass is 9.73. The normalized spacial score (nSPS) is 12.8. The van der Waals surface area contributed by atoms with Crippen LogP contribution in [0.2, 0.25) is 0 Å². The van der Waals surface area contributed by atoms with Crippen molar-refractivity contribution in [1.82, 2.24) is 0 Å². The Morgan fingerprint density at radius 1 is 0.800 bits per heavy atom. The van der Waals surface area contributed by atoms with Gasteiger partial charge in [-0.3, -0.25) is 0 Å². The number of phenolic OH excluding ortho intramolecular Hbond substituents is 1. The third kappa shape index (κ3) is 4.76. The van der Waals surface area contributed by atoms with Crippen LogP contribution in [0.15, 0.2) is 66.7 Å². The Labute approximate surface area is 202 Å². The van der Waals surface area contributed by atoms with E-state index in [-0.39, 0.29) is 17.1 Å². The number of alkyl halides is 7. The second-order valence-corrected chi connectivity index (χ2v) is 9.13. The fourth-order valence-corrected chi connectivity index (χ4v) is 3.98. The second-order valence-electron chi connectivity index (χ2n) is 8.18. The lowest BCUT2D eigenvalue weighted by Gasteiger charge is -2.38. The minimum Gasteiger partial charge on any atom is -0.508 e. The monoisotopic (exact) mass is 513 g/mol. The number of nitrogens with zero attached hydrogens (tertiary/aromatic N) is 1. The van der Waals surface area contributed by atoms with Crippen molar-refractivity contribution in [3.05, 3.63) is 89.0 Å². The summed E-state index contributed by atoms with van der Waals surface area (Å²) in [6.07, 6.45) is -11.5. The smallest absolute Gasteiger partial charge is 0.411 e. The van der Waals surface area contributed by atoms with Gasteiger partial charge in [-0.25, -0.2) is 0 Å². The predicted octanol–water partition coefficient (Wildman–Crippen LogP) is 7.94. The predicted molar refractivity (Wildman–Crippen MR) is 118 cm³/mol. The molecule has 184 valence electrons. The van der Waals surface area contributed by atoms with E-state index < -0.39 is 39.5 Å². The first-order chi connectivity index (χ1) is 16.1. The molecular formula is C25H18ClF6NO2. The van der Waals surface area contributed by atoms with Crippen LogP contribution in [0.5, 0.6) is 17.2 Å². The van der Waals surface area contributed by atoms with E-state index in [2.05, 4.69) is 0 Å². The van der Waals surface area contributed by atoms with E-state index in [9.17, 15) is 36.7 Å². The maximum Gasteiger partial charge on any atom is 0.411 e. The van der Waals surface area contributed by atoms with Crippen LogP contribution in [-0.2, 0) is 10.3 Å². The number of hydrogen-bond acceptors (Lipinski definition) is 3. The molecule has 3 aromatic rings. The first-order valence-electron chi connectivity index (χ1n) is 10.1. The Bertz CT molecular complexity index is 1220. The standard InChI is InChI=1S/C25H18ClF6NO2/c1-22(2,26)20-4-3-5-21(19(20)14-33)35-18-12-8-16(9-13-18)23(24(27,28)29,25(30,31)32)15-6-10-17(34)11-7-15/h3-13,34H,1-2H3. The van der Waals surface area contributed by atoms with Crippen LogP contribution in [0.4, 0.5) is 26.3 Å². The van der Waals surface area contributed by atoms with Crippen LogP contribution in [0.25, 0.3) is 0 Å². The average Bonchev–Trinajstić information content (AvgIpc) is 2.74. The Morgan fingerprint density at radius 3 is 1.71 bits per heavy atom. The molecule has 0 aliphatic carbocycles. The molecule has 0 fully saturated rings. The van der Waals surface area contributed by atoms with Crippen LogP contribution in [-0.4, -0.2) is 17.5 Å². The molecule has 0 saturated carbocycles. The van der Waals surface area contributed by atoms with Crippen molar-refractivity contribution in [3.8, 4) is 23.3 Å². The fourth-order valence-electron chi connectivity index (χ4n) is 3.82. The lowest BCUT2D eigenvalue weighted by Crippen LogP contribution is -2.54. The summed E-state index contributed by atoms with van der Waals surface area (Å²) in [6.45, 7) is 3.31. The summed E-state index contributed by atoms with van der Waals surface area (Å²) < 4.78 is 90.7. The summed E-state index contributed by atoms with van der Waals surface area (Å²) >= 11 is 6.31. The molecule has 3 aromatic carbocycles. The topological polar surface area (TPSA) is 53.2 Å². The Balaban J connectivity index is 2.12. The summed E-state index contributed by atoms with van der Waals surface area (Å²) in [5.74, 6) is -0.520. The van der Waals surface area contributed by atoms with Gasteiger partial charge in [-0.05, 0) is 60.9 Å². The highest BCUT2D eigenvalue weighted by Gasteiger charge is 2.72. The minimum absolute atomic E-state index is 0.0444. The van der Waals surface area contributed by atoms with E-state index in [0.717, 1.165) is 24.3 Å². The Hall–Kier alpha value is -3.38. The maximum absolute atomic E-state index is 14.2. The number of benzene rings is 3. The molecule has 3 rings (SSSR count). The van der Waals surface area contributed by atoms with Gasteiger partial charge in [-0.15, -0.1) is 11.6 Å². The van der Waals surface area contributed by atoms with Crippen molar-refractivity contribution in [3.63, 3.8) is 0 Å². The molecule has 1 N–H and O–H groups in total. The molecule has 0 saturated heterocycles. The van der Waals surface area contributed by atoms with Crippen molar-refractivity contribution < 1.29 is 36.2 Å². The molecule has 0 aliphatic rings. The number of aromatic hydroxyl groups is 1. The molecule has 3 nitrogen and oxygen atoms in total. The van der Waals surface area contributed by atoms with Gasteiger partial charge < -0.3 is 9.84 Å². The van der Waals surface area contributed by atoms with E-state index >= 15 is 0 Å². The number of halogens is 7. The molecule has 0 bridgehead atoms. The number of nitriles is 1. The first kappa shape index (κ1) is 26.2. The van der Waals surface area contributed by atoms with Gasteiger partial charge in [-0.2, -0.15) is 31.6 Å².